The number of nitrogens with one attached hydrogen (secondary N) is 1. The van der Waals surface area contributed by atoms with E-state index in [1.165, 1.54) is 30.1 Å². The third-order valence-corrected chi connectivity index (χ3v) is 3.64. The van der Waals surface area contributed by atoms with Crippen molar-refractivity contribution in [2.45, 2.75) is 11.4 Å². The van der Waals surface area contributed by atoms with Crippen LogP contribution in [-0.2, 0) is 6.54 Å². The SMILES string of the molecule is CSc1ccccc1C(=O)NCc1cc(C(=O)O)ccn1. The molecule has 5 nitrogen and oxygen atoms in total. The van der Waals surface area contributed by atoms with Crippen LogP contribution in [0.5, 0.6) is 0 Å². The van der Waals surface area contributed by atoms with Crippen molar-refractivity contribution in [3.8, 4) is 0 Å². The number of carboxylic acids is 1. The van der Waals surface area contributed by atoms with Gasteiger partial charge in [0.15, 0.2) is 0 Å². The lowest BCUT2D eigenvalue weighted by atomic mass is 10.2. The molecule has 2 aromatic rings. The maximum Gasteiger partial charge on any atom is 0.335 e. The van der Waals surface area contributed by atoms with Crippen LogP contribution in [0.2, 0.25) is 0 Å². The summed E-state index contributed by atoms with van der Waals surface area (Å²) in [6, 6.07) is 10.2. The summed E-state index contributed by atoms with van der Waals surface area (Å²) in [6.07, 6.45) is 3.32. The minimum atomic E-state index is -1.02. The Kier molecular flexibility index (Phi) is 4.94. The molecule has 0 aliphatic rings. The molecule has 0 spiro atoms. The summed E-state index contributed by atoms with van der Waals surface area (Å²) >= 11 is 1.50. The number of benzene rings is 1. The number of nitrogens with zero attached hydrogens (tertiary/aromatic N) is 1. The molecule has 108 valence electrons. The smallest absolute Gasteiger partial charge is 0.335 e. The van der Waals surface area contributed by atoms with Gasteiger partial charge in [-0.15, -0.1) is 11.8 Å². The van der Waals surface area contributed by atoms with Crippen LogP contribution in [0.15, 0.2) is 47.5 Å². The van der Waals surface area contributed by atoms with Crippen molar-refractivity contribution >= 4 is 23.6 Å². The number of rotatable bonds is 5. The molecule has 0 radical (unpaired) electrons. The largest absolute Gasteiger partial charge is 0.478 e. The molecular formula is C15H14N2O3S. The molecule has 1 heterocycles. The van der Waals surface area contributed by atoms with E-state index in [-0.39, 0.29) is 18.0 Å². The number of thioether (sulfide) groups is 1. The highest BCUT2D eigenvalue weighted by atomic mass is 32.2. The second kappa shape index (κ2) is 6.90. The molecule has 2 rings (SSSR count). The first-order valence-electron chi connectivity index (χ1n) is 6.21. The molecule has 0 fully saturated rings. The number of carboxylic acid groups (broad SMARTS) is 1. The Balaban J connectivity index is 2.07. The van der Waals surface area contributed by atoms with E-state index in [2.05, 4.69) is 10.3 Å². The third-order valence-electron chi connectivity index (χ3n) is 2.85. The first kappa shape index (κ1) is 15.1. The Labute approximate surface area is 126 Å². The normalized spacial score (nSPS) is 10.1. The minimum Gasteiger partial charge on any atom is -0.478 e. The monoisotopic (exact) mass is 302 g/mol. The van der Waals surface area contributed by atoms with Crippen molar-refractivity contribution in [3.05, 3.63) is 59.4 Å². The van der Waals surface area contributed by atoms with Crippen LogP contribution in [0, 0.1) is 0 Å². The van der Waals surface area contributed by atoms with Crippen LogP contribution < -0.4 is 5.32 Å². The molecule has 0 saturated heterocycles. The second-order valence-electron chi connectivity index (χ2n) is 4.22. The van der Waals surface area contributed by atoms with Gasteiger partial charge >= 0.3 is 5.97 Å². The average Bonchev–Trinajstić information content (AvgIpc) is 2.52. The molecule has 1 aromatic heterocycles. The predicted molar refractivity (Wildman–Crippen MR) is 80.6 cm³/mol. The molecular weight excluding hydrogens is 288 g/mol. The number of aromatic nitrogens is 1. The second-order valence-corrected chi connectivity index (χ2v) is 5.07. The van der Waals surface area contributed by atoms with Gasteiger partial charge in [-0.3, -0.25) is 9.78 Å². The van der Waals surface area contributed by atoms with Crippen molar-refractivity contribution in [2.24, 2.45) is 0 Å². The maximum absolute atomic E-state index is 12.1. The quantitative estimate of drug-likeness (QED) is 0.829. The maximum atomic E-state index is 12.1. The summed E-state index contributed by atoms with van der Waals surface area (Å²) < 4.78 is 0. The predicted octanol–water partition coefficient (Wildman–Crippen LogP) is 2.43. The van der Waals surface area contributed by atoms with Gasteiger partial charge in [0.05, 0.1) is 23.4 Å². The number of hydrogen-bond donors (Lipinski definition) is 2. The molecule has 0 aliphatic carbocycles. The lowest BCUT2D eigenvalue weighted by Gasteiger charge is -2.08. The van der Waals surface area contributed by atoms with Crippen LogP contribution in [0.3, 0.4) is 0 Å². The van der Waals surface area contributed by atoms with Crippen LogP contribution in [0.4, 0.5) is 0 Å². The van der Waals surface area contributed by atoms with E-state index in [1.54, 1.807) is 12.1 Å². The molecule has 21 heavy (non-hydrogen) atoms. The topological polar surface area (TPSA) is 79.3 Å². The fourth-order valence-corrected chi connectivity index (χ4v) is 2.40. The summed E-state index contributed by atoms with van der Waals surface area (Å²) in [5.74, 6) is -1.22. The number of aromatic carboxylic acids is 1. The summed E-state index contributed by atoms with van der Waals surface area (Å²) in [7, 11) is 0. The van der Waals surface area contributed by atoms with Crippen molar-refractivity contribution in [1.82, 2.24) is 10.3 Å². The molecule has 1 amide bonds. The fourth-order valence-electron chi connectivity index (χ4n) is 1.81. The first-order chi connectivity index (χ1) is 10.1. The Morgan fingerprint density at radius 3 is 2.76 bits per heavy atom. The van der Waals surface area contributed by atoms with Crippen LogP contribution >= 0.6 is 11.8 Å². The van der Waals surface area contributed by atoms with Gasteiger partial charge in [0.2, 0.25) is 0 Å². The fraction of sp³-hybridized carbons (Fsp3) is 0.133. The van der Waals surface area contributed by atoms with Crippen molar-refractivity contribution < 1.29 is 14.7 Å². The zero-order valence-corrected chi connectivity index (χ0v) is 12.2. The Hall–Kier alpha value is -2.34. The third kappa shape index (κ3) is 3.82. The lowest BCUT2D eigenvalue weighted by molar-refractivity contribution is 0.0696. The van der Waals surface area contributed by atoms with Crippen LogP contribution in [0.1, 0.15) is 26.4 Å². The number of pyridine rings is 1. The van der Waals surface area contributed by atoms with E-state index >= 15 is 0 Å². The molecule has 0 aliphatic heterocycles. The van der Waals surface area contributed by atoms with Crippen molar-refractivity contribution in [2.75, 3.05) is 6.26 Å². The van der Waals surface area contributed by atoms with Gasteiger partial charge in [0, 0.05) is 11.1 Å². The minimum absolute atomic E-state index is 0.152. The van der Waals surface area contributed by atoms with E-state index in [0.717, 1.165) is 4.90 Å². The Bertz CT molecular complexity index is 673. The van der Waals surface area contributed by atoms with E-state index in [1.807, 2.05) is 18.4 Å². The van der Waals surface area contributed by atoms with E-state index in [0.29, 0.717) is 11.3 Å². The number of carbonyl (C=O) groups excluding carboxylic acids is 1. The Morgan fingerprint density at radius 2 is 2.05 bits per heavy atom. The number of amides is 1. The van der Waals surface area contributed by atoms with E-state index < -0.39 is 5.97 Å². The van der Waals surface area contributed by atoms with Gasteiger partial charge in [-0.2, -0.15) is 0 Å². The standard InChI is InChI=1S/C15H14N2O3S/c1-21-13-5-3-2-4-12(13)14(18)17-9-11-8-10(15(19)20)6-7-16-11/h2-8H,9H2,1H3,(H,17,18)(H,19,20). The number of carbonyl (C=O) groups is 2. The van der Waals surface area contributed by atoms with Gasteiger partial charge in [0.25, 0.3) is 5.91 Å². The zero-order chi connectivity index (χ0) is 15.2. The molecule has 0 bridgehead atoms. The molecule has 0 atom stereocenters. The summed E-state index contributed by atoms with van der Waals surface area (Å²) in [5.41, 5.74) is 1.25. The average molecular weight is 302 g/mol. The van der Waals surface area contributed by atoms with Gasteiger partial charge in [-0.1, -0.05) is 12.1 Å². The summed E-state index contributed by atoms with van der Waals surface area (Å²) in [5, 5.41) is 11.7. The van der Waals surface area contributed by atoms with E-state index in [4.69, 9.17) is 5.11 Å². The Morgan fingerprint density at radius 1 is 1.29 bits per heavy atom. The molecule has 0 unspecified atom stereocenters. The van der Waals surface area contributed by atoms with E-state index in [9.17, 15) is 9.59 Å². The molecule has 6 heteroatoms. The van der Waals surface area contributed by atoms with Gasteiger partial charge in [0.1, 0.15) is 0 Å². The van der Waals surface area contributed by atoms with Gasteiger partial charge < -0.3 is 10.4 Å². The molecule has 1 aromatic carbocycles. The van der Waals surface area contributed by atoms with Crippen LogP contribution in [0.25, 0.3) is 0 Å². The first-order valence-corrected chi connectivity index (χ1v) is 7.43. The summed E-state index contributed by atoms with van der Waals surface area (Å²) in [4.78, 5) is 28.0. The molecule has 0 saturated carbocycles. The highest BCUT2D eigenvalue weighted by Gasteiger charge is 2.11. The lowest BCUT2D eigenvalue weighted by Crippen LogP contribution is -2.24. The van der Waals surface area contributed by atoms with Gasteiger partial charge in [-0.05, 0) is 30.5 Å². The highest BCUT2D eigenvalue weighted by molar-refractivity contribution is 7.98. The highest BCUT2D eigenvalue weighted by Crippen LogP contribution is 2.19. The molecule has 2 N–H and O–H groups in total. The van der Waals surface area contributed by atoms with Crippen molar-refractivity contribution in [1.29, 1.82) is 0 Å². The zero-order valence-electron chi connectivity index (χ0n) is 11.4. The van der Waals surface area contributed by atoms with Gasteiger partial charge in [-0.25, -0.2) is 4.79 Å². The number of hydrogen-bond acceptors (Lipinski definition) is 4. The summed E-state index contributed by atoms with van der Waals surface area (Å²) in [6.45, 7) is 0.183. The van der Waals surface area contributed by atoms with Crippen LogP contribution in [-0.4, -0.2) is 28.2 Å². The van der Waals surface area contributed by atoms with Crippen molar-refractivity contribution in [3.63, 3.8) is 0 Å².